The van der Waals surface area contributed by atoms with Crippen molar-refractivity contribution in [2.45, 2.75) is 31.7 Å². The summed E-state index contributed by atoms with van der Waals surface area (Å²) in [4.78, 5) is 0.708. The topological polar surface area (TPSA) is 12.0 Å². The second kappa shape index (κ2) is 7.10. The summed E-state index contributed by atoms with van der Waals surface area (Å²) in [5.41, 5.74) is 5.19. The number of hydrogen-bond donors (Lipinski definition) is 1. The van der Waals surface area contributed by atoms with Crippen molar-refractivity contribution in [2.24, 2.45) is 0 Å². The molecule has 0 aliphatic carbocycles. The Morgan fingerprint density at radius 1 is 1.05 bits per heavy atom. The summed E-state index contributed by atoms with van der Waals surface area (Å²) >= 11 is 1.56. The van der Waals surface area contributed by atoms with Gasteiger partial charge in [0.15, 0.2) is 0 Å². The van der Waals surface area contributed by atoms with Crippen LogP contribution >= 0.6 is 11.8 Å². The lowest BCUT2D eigenvalue weighted by Crippen LogP contribution is -2.20. The first-order valence-corrected chi connectivity index (χ1v) is 8.14. The Hall–Kier alpha value is -1.32. The van der Waals surface area contributed by atoms with Crippen LogP contribution < -0.4 is 5.32 Å². The predicted octanol–water partition coefficient (Wildman–Crippen LogP) is 4.80. The zero-order chi connectivity index (χ0) is 15.4. The van der Waals surface area contributed by atoms with Crippen LogP contribution in [-0.4, -0.2) is 12.8 Å². The fraction of sp³-hybridized carbons (Fsp3) is 0.333. The van der Waals surface area contributed by atoms with Crippen molar-refractivity contribution in [3.05, 3.63) is 64.5 Å². The molecule has 2 rings (SSSR count). The Labute approximate surface area is 131 Å². The van der Waals surface area contributed by atoms with Crippen LogP contribution in [0.4, 0.5) is 4.39 Å². The van der Waals surface area contributed by atoms with Crippen LogP contribution in [0.3, 0.4) is 0 Å². The molecule has 0 spiro atoms. The van der Waals surface area contributed by atoms with Gasteiger partial charge in [-0.3, -0.25) is 0 Å². The normalized spacial score (nSPS) is 12.4. The van der Waals surface area contributed by atoms with Gasteiger partial charge in [-0.1, -0.05) is 24.3 Å². The lowest BCUT2D eigenvalue weighted by molar-refractivity contribution is 0.600. The second-order valence-corrected chi connectivity index (χ2v) is 6.44. The first-order valence-electron chi connectivity index (χ1n) is 7.15. The van der Waals surface area contributed by atoms with E-state index in [0.717, 1.165) is 5.75 Å². The summed E-state index contributed by atoms with van der Waals surface area (Å²) in [6.45, 7) is 6.41. The molecule has 112 valence electrons. The molecule has 0 fully saturated rings. The molecule has 0 aliphatic rings. The average molecular weight is 303 g/mol. The third-order valence-corrected chi connectivity index (χ3v) is 4.99. The van der Waals surface area contributed by atoms with Crippen molar-refractivity contribution in [1.82, 2.24) is 5.32 Å². The van der Waals surface area contributed by atoms with E-state index in [0.29, 0.717) is 4.90 Å². The molecule has 1 nitrogen and oxygen atoms in total. The highest BCUT2D eigenvalue weighted by molar-refractivity contribution is 7.99. The van der Waals surface area contributed by atoms with Gasteiger partial charge in [-0.2, -0.15) is 0 Å². The monoisotopic (exact) mass is 303 g/mol. The summed E-state index contributed by atoms with van der Waals surface area (Å²) in [6, 6.07) is 11.6. The van der Waals surface area contributed by atoms with Crippen LogP contribution in [0.5, 0.6) is 0 Å². The third kappa shape index (κ3) is 3.86. The summed E-state index contributed by atoms with van der Waals surface area (Å²) < 4.78 is 13.7. The number of hydrogen-bond acceptors (Lipinski definition) is 2. The second-order valence-electron chi connectivity index (χ2n) is 5.38. The molecule has 2 aromatic rings. The highest BCUT2D eigenvalue weighted by Crippen LogP contribution is 2.29. The van der Waals surface area contributed by atoms with Crippen molar-refractivity contribution < 1.29 is 4.39 Å². The summed E-state index contributed by atoms with van der Waals surface area (Å²) in [7, 11) is 1.96. The van der Waals surface area contributed by atoms with E-state index < -0.39 is 0 Å². The van der Waals surface area contributed by atoms with Gasteiger partial charge < -0.3 is 5.32 Å². The highest BCUT2D eigenvalue weighted by atomic mass is 32.2. The van der Waals surface area contributed by atoms with Gasteiger partial charge in [-0.05, 0) is 62.2 Å². The van der Waals surface area contributed by atoms with E-state index in [1.165, 1.54) is 28.3 Å². The predicted molar refractivity (Wildman–Crippen MR) is 89.6 cm³/mol. The number of nitrogens with one attached hydrogen (secondary N) is 1. The first-order chi connectivity index (χ1) is 10.0. The van der Waals surface area contributed by atoms with E-state index >= 15 is 0 Å². The smallest absolute Gasteiger partial charge is 0.136 e. The number of thioether (sulfide) groups is 1. The molecule has 1 atom stereocenters. The van der Waals surface area contributed by atoms with Gasteiger partial charge in [0, 0.05) is 16.7 Å². The minimum absolute atomic E-state index is 0.144. The highest BCUT2D eigenvalue weighted by Gasteiger charge is 2.14. The van der Waals surface area contributed by atoms with Gasteiger partial charge in [0.25, 0.3) is 0 Å². The fourth-order valence-electron chi connectivity index (χ4n) is 2.42. The molecule has 0 saturated heterocycles. The standard InChI is InChI=1S/C18H22FNS/c1-12-9-14(3)15(10-13(12)2)17(20-4)11-21-18-8-6-5-7-16(18)19/h5-10,17,20H,11H2,1-4H3. The maximum absolute atomic E-state index is 13.7. The molecule has 0 radical (unpaired) electrons. The molecule has 1 unspecified atom stereocenters. The van der Waals surface area contributed by atoms with Gasteiger partial charge in [-0.15, -0.1) is 11.8 Å². The molecule has 0 amide bonds. The molecule has 0 saturated carbocycles. The van der Waals surface area contributed by atoms with Crippen LogP contribution in [0.1, 0.15) is 28.3 Å². The first kappa shape index (κ1) is 16.1. The molecule has 0 aromatic heterocycles. The van der Waals surface area contributed by atoms with E-state index in [1.54, 1.807) is 17.8 Å². The molecule has 0 bridgehead atoms. The van der Waals surface area contributed by atoms with E-state index in [2.05, 4.69) is 38.2 Å². The third-order valence-electron chi connectivity index (χ3n) is 3.85. The average Bonchev–Trinajstić information content (AvgIpc) is 2.46. The maximum Gasteiger partial charge on any atom is 0.136 e. The molecule has 21 heavy (non-hydrogen) atoms. The quantitative estimate of drug-likeness (QED) is 0.796. The van der Waals surface area contributed by atoms with Crippen LogP contribution in [0.2, 0.25) is 0 Å². The van der Waals surface area contributed by atoms with Crippen LogP contribution in [0.15, 0.2) is 41.3 Å². The Kier molecular flexibility index (Phi) is 5.43. The summed E-state index contributed by atoms with van der Waals surface area (Å²) in [5.74, 6) is 0.662. The van der Waals surface area contributed by atoms with E-state index in [9.17, 15) is 4.39 Å². The summed E-state index contributed by atoms with van der Waals surface area (Å²) in [6.07, 6.45) is 0. The minimum atomic E-state index is -0.144. The van der Waals surface area contributed by atoms with Crippen LogP contribution in [0, 0.1) is 26.6 Å². The van der Waals surface area contributed by atoms with Gasteiger partial charge in [0.1, 0.15) is 5.82 Å². The molecule has 1 N–H and O–H groups in total. The van der Waals surface area contributed by atoms with Crippen molar-refractivity contribution >= 4 is 11.8 Å². The Bertz CT molecular complexity index is 625. The number of aryl methyl sites for hydroxylation is 3. The van der Waals surface area contributed by atoms with E-state index in [4.69, 9.17) is 0 Å². The Morgan fingerprint density at radius 2 is 1.71 bits per heavy atom. The van der Waals surface area contributed by atoms with Crippen molar-refractivity contribution in [2.75, 3.05) is 12.8 Å². The van der Waals surface area contributed by atoms with Gasteiger partial charge >= 0.3 is 0 Å². The van der Waals surface area contributed by atoms with Crippen molar-refractivity contribution in [3.63, 3.8) is 0 Å². The number of benzene rings is 2. The molecule has 0 aliphatic heterocycles. The Balaban J connectivity index is 2.17. The molecule has 2 aromatic carbocycles. The van der Waals surface area contributed by atoms with Crippen LogP contribution in [-0.2, 0) is 0 Å². The van der Waals surface area contributed by atoms with Crippen molar-refractivity contribution in [3.8, 4) is 0 Å². The SMILES string of the molecule is CNC(CSc1ccccc1F)c1cc(C)c(C)cc1C. The number of halogens is 1. The molecular weight excluding hydrogens is 281 g/mol. The Morgan fingerprint density at radius 3 is 2.38 bits per heavy atom. The molecule has 3 heteroatoms. The lowest BCUT2D eigenvalue weighted by Gasteiger charge is -2.20. The van der Waals surface area contributed by atoms with Crippen LogP contribution in [0.25, 0.3) is 0 Å². The van der Waals surface area contributed by atoms with Gasteiger partial charge in [-0.25, -0.2) is 4.39 Å². The van der Waals surface area contributed by atoms with E-state index in [-0.39, 0.29) is 11.9 Å². The van der Waals surface area contributed by atoms with Crippen molar-refractivity contribution in [1.29, 1.82) is 0 Å². The minimum Gasteiger partial charge on any atom is -0.312 e. The van der Waals surface area contributed by atoms with E-state index in [1.807, 2.05) is 19.2 Å². The van der Waals surface area contributed by atoms with Gasteiger partial charge in [0.05, 0.1) is 0 Å². The summed E-state index contributed by atoms with van der Waals surface area (Å²) in [5, 5.41) is 3.35. The lowest BCUT2D eigenvalue weighted by atomic mass is 9.96. The zero-order valence-electron chi connectivity index (χ0n) is 13.0. The number of rotatable bonds is 5. The maximum atomic E-state index is 13.7. The molecule has 0 heterocycles. The fourth-order valence-corrected chi connectivity index (χ4v) is 3.49. The largest absolute Gasteiger partial charge is 0.312 e. The van der Waals surface area contributed by atoms with Gasteiger partial charge in [0.2, 0.25) is 0 Å². The molecular formula is C18H22FNS. The zero-order valence-corrected chi connectivity index (χ0v) is 13.9.